The van der Waals surface area contributed by atoms with Crippen LogP contribution in [-0.4, -0.2) is 28.0 Å². The largest absolute Gasteiger partial charge is 0.366 e. The number of aryl methyl sites for hydroxylation is 1. The molecular formula is C16H21N5. The highest BCUT2D eigenvalue weighted by atomic mass is 15.0. The Morgan fingerprint density at radius 1 is 1.38 bits per heavy atom. The molecule has 2 aromatic rings. The fourth-order valence-electron chi connectivity index (χ4n) is 2.69. The van der Waals surface area contributed by atoms with Gasteiger partial charge in [0.25, 0.3) is 0 Å². The minimum absolute atomic E-state index is 0.499. The standard InChI is InChI=1S/C16H21N5/c1-12-20-15(14-5-3-7-18-11-14)8-16(21-12)19-10-13-4-2-6-17-9-13/h2,4,6,8-9,14,18H,3,5,7,10-11H2,1H3,(H,19,20,21)/t14-/m1/s1. The lowest BCUT2D eigenvalue weighted by molar-refractivity contribution is 0.453. The van der Waals surface area contributed by atoms with Crippen molar-refractivity contribution in [1.29, 1.82) is 0 Å². The molecule has 21 heavy (non-hydrogen) atoms. The molecule has 2 aromatic heterocycles. The molecule has 1 saturated heterocycles. The van der Waals surface area contributed by atoms with Crippen LogP contribution in [0.15, 0.2) is 30.6 Å². The maximum atomic E-state index is 4.61. The predicted molar refractivity (Wildman–Crippen MR) is 83.2 cm³/mol. The van der Waals surface area contributed by atoms with Crippen LogP contribution in [0.2, 0.25) is 0 Å². The maximum absolute atomic E-state index is 4.61. The fourth-order valence-corrected chi connectivity index (χ4v) is 2.69. The van der Waals surface area contributed by atoms with E-state index in [0.29, 0.717) is 5.92 Å². The summed E-state index contributed by atoms with van der Waals surface area (Å²) in [6.07, 6.45) is 6.07. The Balaban J connectivity index is 1.71. The van der Waals surface area contributed by atoms with E-state index in [1.807, 2.05) is 19.2 Å². The normalized spacial score (nSPS) is 18.4. The first kappa shape index (κ1) is 13.9. The minimum atomic E-state index is 0.499. The third kappa shape index (κ3) is 3.76. The van der Waals surface area contributed by atoms with Crippen molar-refractivity contribution in [3.63, 3.8) is 0 Å². The van der Waals surface area contributed by atoms with Crippen molar-refractivity contribution in [2.75, 3.05) is 18.4 Å². The molecule has 2 N–H and O–H groups in total. The van der Waals surface area contributed by atoms with Crippen LogP contribution in [0.3, 0.4) is 0 Å². The van der Waals surface area contributed by atoms with Gasteiger partial charge in [0.05, 0.1) is 5.69 Å². The van der Waals surface area contributed by atoms with Crippen LogP contribution >= 0.6 is 0 Å². The second kappa shape index (κ2) is 6.63. The van der Waals surface area contributed by atoms with E-state index in [1.165, 1.54) is 12.8 Å². The zero-order valence-electron chi connectivity index (χ0n) is 12.3. The molecule has 0 aliphatic carbocycles. The van der Waals surface area contributed by atoms with E-state index < -0.39 is 0 Å². The van der Waals surface area contributed by atoms with Gasteiger partial charge in [-0.2, -0.15) is 0 Å². The second-order valence-electron chi connectivity index (χ2n) is 5.48. The quantitative estimate of drug-likeness (QED) is 0.901. The van der Waals surface area contributed by atoms with E-state index in [0.717, 1.165) is 42.5 Å². The van der Waals surface area contributed by atoms with Gasteiger partial charge in [0.2, 0.25) is 0 Å². The monoisotopic (exact) mass is 283 g/mol. The lowest BCUT2D eigenvalue weighted by atomic mass is 9.96. The zero-order valence-corrected chi connectivity index (χ0v) is 12.3. The molecule has 1 aliphatic heterocycles. The molecule has 1 atom stereocenters. The third-order valence-corrected chi connectivity index (χ3v) is 3.77. The van der Waals surface area contributed by atoms with Gasteiger partial charge in [-0.15, -0.1) is 0 Å². The first-order chi connectivity index (χ1) is 10.3. The Morgan fingerprint density at radius 3 is 3.10 bits per heavy atom. The molecule has 1 aliphatic rings. The summed E-state index contributed by atoms with van der Waals surface area (Å²) >= 11 is 0. The number of nitrogens with one attached hydrogen (secondary N) is 2. The molecule has 1 fully saturated rings. The van der Waals surface area contributed by atoms with Gasteiger partial charge in [0, 0.05) is 37.5 Å². The van der Waals surface area contributed by atoms with Crippen molar-refractivity contribution < 1.29 is 0 Å². The smallest absolute Gasteiger partial charge is 0.130 e. The number of hydrogen-bond acceptors (Lipinski definition) is 5. The molecule has 0 spiro atoms. The van der Waals surface area contributed by atoms with E-state index in [9.17, 15) is 0 Å². The molecule has 0 amide bonds. The Bertz CT molecular complexity index is 578. The highest BCUT2D eigenvalue weighted by molar-refractivity contribution is 5.38. The minimum Gasteiger partial charge on any atom is -0.366 e. The predicted octanol–water partition coefficient (Wildman–Crippen LogP) is 2.26. The van der Waals surface area contributed by atoms with Crippen LogP contribution in [0.5, 0.6) is 0 Å². The van der Waals surface area contributed by atoms with E-state index in [4.69, 9.17) is 0 Å². The summed E-state index contributed by atoms with van der Waals surface area (Å²) in [4.78, 5) is 13.2. The van der Waals surface area contributed by atoms with E-state index in [-0.39, 0.29) is 0 Å². The van der Waals surface area contributed by atoms with Crippen LogP contribution in [-0.2, 0) is 6.54 Å². The van der Waals surface area contributed by atoms with Crippen LogP contribution in [0.25, 0.3) is 0 Å². The fraction of sp³-hybridized carbons (Fsp3) is 0.438. The van der Waals surface area contributed by atoms with Crippen LogP contribution in [0.4, 0.5) is 5.82 Å². The van der Waals surface area contributed by atoms with Crippen LogP contribution < -0.4 is 10.6 Å². The molecule has 5 heteroatoms. The summed E-state index contributed by atoms with van der Waals surface area (Å²) < 4.78 is 0. The number of rotatable bonds is 4. The summed E-state index contributed by atoms with van der Waals surface area (Å²) in [7, 11) is 0. The molecule has 3 heterocycles. The van der Waals surface area contributed by atoms with Crippen LogP contribution in [0, 0.1) is 6.92 Å². The first-order valence-corrected chi connectivity index (χ1v) is 7.50. The van der Waals surface area contributed by atoms with Gasteiger partial charge >= 0.3 is 0 Å². The second-order valence-corrected chi connectivity index (χ2v) is 5.48. The summed E-state index contributed by atoms with van der Waals surface area (Å²) in [5.41, 5.74) is 2.29. The number of piperidine rings is 1. The van der Waals surface area contributed by atoms with Crippen molar-refractivity contribution in [2.45, 2.75) is 32.2 Å². The van der Waals surface area contributed by atoms with Gasteiger partial charge in [-0.05, 0) is 37.9 Å². The van der Waals surface area contributed by atoms with Crippen molar-refractivity contribution in [3.8, 4) is 0 Å². The van der Waals surface area contributed by atoms with Gasteiger partial charge in [-0.25, -0.2) is 9.97 Å². The maximum Gasteiger partial charge on any atom is 0.130 e. The average molecular weight is 283 g/mol. The molecule has 3 rings (SSSR count). The summed E-state index contributed by atoms with van der Waals surface area (Å²) in [5, 5.41) is 6.81. The highest BCUT2D eigenvalue weighted by Crippen LogP contribution is 2.23. The van der Waals surface area contributed by atoms with E-state index in [2.05, 4.69) is 37.7 Å². The molecule has 0 saturated carbocycles. The molecule has 0 radical (unpaired) electrons. The van der Waals surface area contributed by atoms with E-state index in [1.54, 1.807) is 6.20 Å². The van der Waals surface area contributed by atoms with Gasteiger partial charge in [0.15, 0.2) is 0 Å². The first-order valence-electron chi connectivity index (χ1n) is 7.50. The third-order valence-electron chi connectivity index (χ3n) is 3.77. The molecule has 110 valence electrons. The highest BCUT2D eigenvalue weighted by Gasteiger charge is 2.17. The Labute approximate surface area is 125 Å². The Hall–Kier alpha value is -2.01. The van der Waals surface area contributed by atoms with Crippen LogP contribution in [0.1, 0.15) is 35.8 Å². The van der Waals surface area contributed by atoms with Gasteiger partial charge in [0.1, 0.15) is 11.6 Å². The lowest BCUT2D eigenvalue weighted by Crippen LogP contribution is -2.29. The molecule has 0 aromatic carbocycles. The average Bonchev–Trinajstić information content (AvgIpc) is 2.54. The number of aromatic nitrogens is 3. The SMILES string of the molecule is Cc1nc(NCc2cccnc2)cc([C@@H]2CCCNC2)n1. The topological polar surface area (TPSA) is 62.7 Å². The summed E-state index contributed by atoms with van der Waals surface area (Å²) in [6.45, 7) is 4.81. The number of anilines is 1. The van der Waals surface area contributed by atoms with Crippen molar-refractivity contribution >= 4 is 5.82 Å². The van der Waals surface area contributed by atoms with Crippen molar-refractivity contribution in [2.24, 2.45) is 0 Å². The molecular weight excluding hydrogens is 262 g/mol. The van der Waals surface area contributed by atoms with Gasteiger partial charge < -0.3 is 10.6 Å². The number of pyridine rings is 1. The number of hydrogen-bond donors (Lipinski definition) is 2. The Kier molecular flexibility index (Phi) is 4.40. The van der Waals surface area contributed by atoms with E-state index >= 15 is 0 Å². The lowest BCUT2D eigenvalue weighted by Gasteiger charge is -2.22. The van der Waals surface area contributed by atoms with Gasteiger partial charge in [-0.3, -0.25) is 4.98 Å². The van der Waals surface area contributed by atoms with Crippen molar-refractivity contribution in [1.82, 2.24) is 20.3 Å². The summed E-state index contributed by atoms with van der Waals surface area (Å²) in [6, 6.07) is 6.09. The van der Waals surface area contributed by atoms with Crippen molar-refractivity contribution in [3.05, 3.63) is 47.7 Å². The Morgan fingerprint density at radius 2 is 2.33 bits per heavy atom. The molecule has 0 unspecified atom stereocenters. The number of nitrogens with zero attached hydrogens (tertiary/aromatic N) is 3. The van der Waals surface area contributed by atoms with Gasteiger partial charge in [-0.1, -0.05) is 6.07 Å². The molecule has 5 nitrogen and oxygen atoms in total. The summed E-state index contributed by atoms with van der Waals surface area (Å²) in [5.74, 6) is 2.22. The molecule has 0 bridgehead atoms. The zero-order chi connectivity index (χ0) is 14.5.